The molecule has 0 fully saturated rings. The van der Waals surface area contributed by atoms with Crippen LogP contribution in [0.2, 0.25) is 0 Å². The van der Waals surface area contributed by atoms with Gasteiger partial charge in [-0.3, -0.25) is 4.55 Å². The van der Waals surface area contributed by atoms with Crippen LogP contribution in [0.3, 0.4) is 0 Å². The largest absolute Gasteiger partial charge is 0.285 e. The maximum Gasteiger partial charge on any atom is 0.275 e. The second-order valence-electron chi connectivity index (χ2n) is 2.90. The minimum atomic E-state index is -4.11. The van der Waals surface area contributed by atoms with Crippen molar-refractivity contribution in [1.82, 2.24) is 9.97 Å². The Morgan fingerprint density at radius 2 is 2.00 bits per heavy atom. The summed E-state index contributed by atoms with van der Waals surface area (Å²) in [5.41, 5.74) is 0. The van der Waals surface area contributed by atoms with Crippen LogP contribution in [0.5, 0.6) is 0 Å². The quantitative estimate of drug-likeness (QED) is 0.765. The van der Waals surface area contributed by atoms with E-state index in [9.17, 15) is 8.42 Å². The molecule has 0 saturated carbocycles. The maximum absolute atomic E-state index is 11.0. The monoisotopic (exact) mass is 216 g/mol. The second kappa shape index (κ2) is 4.47. The topological polar surface area (TPSA) is 80.2 Å². The van der Waals surface area contributed by atoms with E-state index in [1.807, 2.05) is 6.92 Å². The van der Waals surface area contributed by atoms with Gasteiger partial charge in [-0.2, -0.15) is 8.42 Å². The van der Waals surface area contributed by atoms with Gasteiger partial charge < -0.3 is 0 Å². The first-order valence-corrected chi connectivity index (χ1v) is 5.79. The molecule has 1 aromatic rings. The number of nitrogens with zero attached hydrogens (tertiary/aromatic N) is 2. The van der Waals surface area contributed by atoms with Gasteiger partial charge >= 0.3 is 0 Å². The van der Waals surface area contributed by atoms with E-state index in [-0.39, 0.29) is 5.82 Å². The summed E-state index contributed by atoms with van der Waals surface area (Å²) >= 11 is 0. The van der Waals surface area contributed by atoms with Crippen LogP contribution in [-0.2, 0) is 10.1 Å². The van der Waals surface area contributed by atoms with Crippen molar-refractivity contribution >= 4 is 10.1 Å². The molecule has 1 N–H and O–H groups in total. The third-order valence-electron chi connectivity index (χ3n) is 1.78. The summed E-state index contributed by atoms with van der Waals surface area (Å²) in [5.74, 6) is 0.150. The molecule has 0 aliphatic heterocycles. The third kappa shape index (κ3) is 2.74. The fourth-order valence-electron chi connectivity index (χ4n) is 1.15. The summed E-state index contributed by atoms with van der Waals surface area (Å²) < 4.78 is 30.9. The molecule has 1 atom stereocenters. The van der Waals surface area contributed by atoms with Crippen molar-refractivity contribution in [2.24, 2.45) is 0 Å². The smallest absolute Gasteiger partial charge is 0.275 e. The average molecular weight is 216 g/mol. The Morgan fingerprint density at radius 3 is 2.43 bits per heavy atom. The van der Waals surface area contributed by atoms with E-state index >= 15 is 0 Å². The summed E-state index contributed by atoms with van der Waals surface area (Å²) in [5, 5.41) is -1.01. The fourth-order valence-corrected chi connectivity index (χ4v) is 2.07. The molecule has 14 heavy (non-hydrogen) atoms. The minimum Gasteiger partial charge on any atom is -0.285 e. The van der Waals surface area contributed by atoms with Gasteiger partial charge in [-0.05, 0) is 12.5 Å². The maximum atomic E-state index is 11.0. The van der Waals surface area contributed by atoms with E-state index in [1.54, 1.807) is 6.07 Å². The number of hydrogen-bond acceptors (Lipinski definition) is 4. The SMILES string of the molecule is CCCC(c1ncccn1)S(=O)(=O)O. The first-order valence-electron chi connectivity index (χ1n) is 4.29. The zero-order chi connectivity index (χ0) is 10.6. The molecule has 6 heteroatoms. The number of aromatic nitrogens is 2. The van der Waals surface area contributed by atoms with E-state index in [2.05, 4.69) is 9.97 Å². The second-order valence-corrected chi connectivity index (χ2v) is 4.50. The lowest BCUT2D eigenvalue weighted by Crippen LogP contribution is -2.14. The highest BCUT2D eigenvalue weighted by Crippen LogP contribution is 2.22. The molecule has 0 radical (unpaired) electrons. The normalized spacial score (nSPS) is 13.9. The molecule has 1 aromatic heterocycles. The summed E-state index contributed by atoms with van der Waals surface area (Å²) in [4.78, 5) is 7.63. The predicted molar refractivity (Wildman–Crippen MR) is 51.2 cm³/mol. The highest BCUT2D eigenvalue weighted by molar-refractivity contribution is 7.86. The lowest BCUT2D eigenvalue weighted by atomic mass is 10.2. The Labute approximate surface area is 83.0 Å². The van der Waals surface area contributed by atoms with Crippen molar-refractivity contribution in [3.63, 3.8) is 0 Å². The van der Waals surface area contributed by atoms with Gasteiger partial charge in [0.25, 0.3) is 10.1 Å². The zero-order valence-electron chi connectivity index (χ0n) is 7.79. The molecule has 0 amide bonds. The first-order chi connectivity index (χ1) is 6.55. The summed E-state index contributed by atoms with van der Waals surface area (Å²) in [7, 11) is -4.11. The molecule has 0 saturated heterocycles. The van der Waals surface area contributed by atoms with Gasteiger partial charge in [0, 0.05) is 12.4 Å². The van der Waals surface area contributed by atoms with Gasteiger partial charge in [-0.25, -0.2) is 9.97 Å². The molecular weight excluding hydrogens is 204 g/mol. The molecular formula is C8H12N2O3S. The summed E-state index contributed by atoms with van der Waals surface area (Å²) in [6, 6.07) is 1.59. The first kappa shape index (κ1) is 11.1. The minimum absolute atomic E-state index is 0.150. The van der Waals surface area contributed by atoms with Crippen LogP contribution in [0.25, 0.3) is 0 Å². The molecule has 78 valence electrons. The molecule has 0 aliphatic rings. The Hall–Kier alpha value is -1.01. The van der Waals surface area contributed by atoms with E-state index in [1.165, 1.54) is 12.4 Å². The average Bonchev–Trinajstić information content (AvgIpc) is 2.14. The highest BCUT2D eigenvalue weighted by Gasteiger charge is 2.26. The summed E-state index contributed by atoms with van der Waals surface area (Å²) in [6.07, 6.45) is 3.87. The van der Waals surface area contributed by atoms with Gasteiger partial charge in [0.15, 0.2) is 0 Å². The van der Waals surface area contributed by atoms with Crippen molar-refractivity contribution < 1.29 is 13.0 Å². The molecule has 0 aliphatic carbocycles. The molecule has 0 spiro atoms. The lowest BCUT2D eigenvalue weighted by Gasteiger charge is -2.10. The van der Waals surface area contributed by atoms with Crippen molar-refractivity contribution in [1.29, 1.82) is 0 Å². The molecule has 1 heterocycles. The zero-order valence-corrected chi connectivity index (χ0v) is 8.61. The van der Waals surface area contributed by atoms with E-state index < -0.39 is 15.4 Å². The molecule has 1 unspecified atom stereocenters. The van der Waals surface area contributed by atoms with Gasteiger partial charge in [-0.1, -0.05) is 13.3 Å². The fraction of sp³-hybridized carbons (Fsp3) is 0.500. The van der Waals surface area contributed by atoms with Crippen molar-refractivity contribution in [2.45, 2.75) is 25.0 Å². The Morgan fingerprint density at radius 1 is 1.43 bits per heavy atom. The van der Waals surface area contributed by atoms with Crippen LogP contribution in [-0.4, -0.2) is 22.9 Å². The number of rotatable bonds is 4. The van der Waals surface area contributed by atoms with Crippen LogP contribution < -0.4 is 0 Å². The van der Waals surface area contributed by atoms with E-state index in [4.69, 9.17) is 4.55 Å². The van der Waals surface area contributed by atoms with Gasteiger partial charge in [0.2, 0.25) is 0 Å². The van der Waals surface area contributed by atoms with E-state index in [0.29, 0.717) is 12.8 Å². The van der Waals surface area contributed by atoms with Crippen molar-refractivity contribution in [2.75, 3.05) is 0 Å². The molecule has 1 rings (SSSR count). The van der Waals surface area contributed by atoms with Crippen molar-refractivity contribution in [3.8, 4) is 0 Å². The Kier molecular flexibility index (Phi) is 3.54. The molecule has 0 bridgehead atoms. The van der Waals surface area contributed by atoms with Crippen LogP contribution >= 0.6 is 0 Å². The lowest BCUT2D eigenvalue weighted by molar-refractivity contribution is 0.459. The Balaban J connectivity index is 3.02. The van der Waals surface area contributed by atoms with Gasteiger partial charge in [0.1, 0.15) is 11.1 Å². The standard InChI is InChI=1S/C8H12N2O3S/c1-2-4-7(14(11,12)13)8-9-5-3-6-10-8/h3,5-7H,2,4H2,1H3,(H,11,12,13). The van der Waals surface area contributed by atoms with Crippen LogP contribution in [0.1, 0.15) is 30.8 Å². The third-order valence-corrected chi connectivity index (χ3v) is 2.95. The Bertz CT molecular complexity index is 377. The van der Waals surface area contributed by atoms with Crippen LogP contribution in [0.4, 0.5) is 0 Å². The highest BCUT2D eigenvalue weighted by atomic mass is 32.2. The van der Waals surface area contributed by atoms with Crippen LogP contribution in [0.15, 0.2) is 18.5 Å². The number of hydrogen-bond donors (Lipinski definition) is 1. The summed E-state index contributed by atoms with van der Waals surface area (Å²) in [6.45, 7) is 1.83. The molecule has 5 nitrogen and oxygen atoms in total. The van der Waals surface area contributed by atoms with Gasteiger partial charge in [-0.15, -0.1) is 0 Å². The van der Waals surface area contributed by atoms with Gasteiger partial charge in [0.05, 0.1) is 0 Å². The predicted octanol–water partition coefficient (Wildman–Crippen LogP) is 1.21. The molecule has 0 aromatic carbocycles. The van der Waals surface area contributed by atoms with Crippen LogP contribution in [0, 0.1) is 0 Å². The van der Waals surface area contributed by atoms with Crippen molar-refractivity contribution in [3.05, 3.63) is 24.3 Å². The van der Waals surface area contributed by atoms with E-state index in [0.717, 1.165) is 0 Å².